The van der Waals surface area contributed by atoms with Gasteiger partial charge >= 0.3 is 0 Å². The topological polar surface area (TPSA) is 95.2 Å². The van der Waals surface area contributed by atoms with Gasteiger partial charge in [-0.25, -0.2) is 9.37 Å². The number of nitrogens with zero attached hydrogens (tertiary/aromatic N) is 4. The van der Waals surface area contributed by atoms with Crippen molar-refractivity contribution in [1.29, 1.82) is 0 Å². The molecule has 37 heavy (non-hydrogen) atoms. The van der Waals surface area contributed by atoms with Gasteiger partial charge in [0.2, 0.25) is 0 Å². The summed E-state index contributed by atoms with van der Waals surface area (Å²) in [6, 6.07) is 1.83. The third-order valence-corrected chi connectivity index (χ3v) is 6.73. The molecular weight excluding hydrogens is 465 g/mol. The summed E-state index contributed by atoms with van der Waals surface area (Å²) in [5, 5.41) is 11.5. The van der Waals surface area contributed by atoms with Crippen LogP contribution in [0.1, 0.15) is 37.3 Å². The van der Waals surface area contributed by atoms with Gasteiger partial charge in [0.15, 0.2) is 5.82 Å². The number of hydrogen-bond acceptors (Lipinski definition) is 5. The van der Waals surface area contributed by atoms with E-state index in [0.29, 0.717) is 33.6 Å². The first-order valence-electron chi connectivity index (χ1n) is 12.3. The van der Waals surface area contributed by atoms with Crippen molar-refractivity contribution in [1.82, 2.24) is 30.1 Å². The van der Waals surface area contributed by atoms with Crippen LogP contribution in [0.4, 0.5) is 10.1 Å². The lowest BCUT2D eigenvalue weighted by Gasteiger charge is -2.10. The summed E-state index contributed by atoms with van der Waals surface area (Å²) in [6.07, 6.45) is 18.0. The predicted molar refractivity (Wildman–Crippen MR) is 146 cm³/mol. The summed E-state index contributed by atoms with van der Waals surface area (Å²) < 4.78 is 16.2. The monoisotopic (exact) mass is 491 g/mol. The van der Waals surface area contributed by atoms with Crippen LogP contribution in [0.2, 0.25) is 0 Å². The number of fused-ring (bicyclic) bond motifs is 1. The van der Waals surface area contributed by atoms with Crippen LogP contribution in [0.3, 0.4) is 0 Å². The van der Waals surface area contributed by atoms with Gasteiger partial charge in [0.05, 0.1) is 39.7 Å². The van der Waals surface area contributed by atoms with Crippen LogP contribution in [0.25, 0.3) is 45.6 Å². The number of hydrogen-bond donors (Lipinski definition) is 3. The lowest BCUT2D eigenvalue weighted by Crippen LogP contribution is -2.26. The molecule has 0 spiro atoms. The number of allylic oxidation sites excluding steroid dienone is 6. The average molecular weight is 492 g/mol. The third-order valence-electron chi connectivity index (χ3n) is 6.73. The summed E-state index contributed by atoms with van der Waals surface area (Å²) in [5.41, 5.74) is 6.36. The van der Waals surface area contributed by atoms with Crippen molar-refractivity contribution >= 4 is 39.8 Å². The molecule has 0 radical (unpaired) electrons. The van der Waals surface area contributed by atoms with Crippen LogP contribution in [0.15, 0.2) is 67.9 Å². The number of rotatable bonds is 7. The number of anilines is 1. The summed E-state index contributed by atoms with van der Waals surface area (Å²) in [5.74, 6) is 0.437. The van der Waals surface area contributed by atoms with Crippen molar-refractivity contribution in [2.45, 2.75) is 26.2 Å². The Kier molecular flexibility index (Phi) is 5.64. The first-order chi connectivity index (χ1) is 18.0. The fraction of sp³-hybridized carbons (Fsp3) is 0.172. The van der Waals surface area contributed by atoms with Crippen LogP contribution < -0.4 is 15.9 Å². The zero-order valence-electron chi connectivity index (χ0n) is 20.5. The first-order valence-corrected chi connectivity index (χ1v) is 12.3. The van der Waals surface area contributed by atoms with Crippen molar-refractivity contribution in [3.63, 3.8) is 0 Å². The van der Waals surface area contributed by atoms with Crippen molar-refractivity contribution in [3.05, 3.63) is 89.6 Å². The Morgan fingerprint density at radius 3 is 2.76 bits per heavy atom. The zero-order valence-corrected chi connectivity index (χ0v) is 20.5. The minimum atomic E-state index is -0.503. The number of nitrogens with one attached hydrogen (secondary N) is 3. The minimum Gasteiger partial charge on any atom is -0.358 e. The quantitative estimate of drug-likeness (QED) is 0.338. The van der Waals surface area contributed by atoms with Gasteiger partial charge in [0.1, 0.15) is 11.5 Å². The highest BCUT2D eigenvalue weighted by Crippen LogP contribution is 2.36. The van der Waals surface area contributed by atoms with E-state index in [4.69, 9.17) is 4.98 Å². The van der Waals surface area contributed by atoms with Gasteiger partial charge in [-0.2, -0.15) is 5.10 Å². The Bertz CT molecular complexity index is 1750. The van der Waals surface area contributed by atoms with Crippen molar-refractivity contribution in [3.8, 4) is 11.5 Å². The van der Waals surface area contributed by atoms with E-state index in [1.807, 2.05) is 13.0 Å². The molecule has 1 saturated carbocycles. The van der Waals surface area contributed by atoms with Gasteiger partial charge in [-0.1, -0.05) is 37.5 Å². The largest absolute Gasteiger partial charge is 0.358 e. The van der Waals surface area contributed by atoms with E-state index in [9.17, 15) is 0 Å². The van der Waals surface area contributed by atoms with Crippen LogP contribution in [-0.2, 0) is 0 Å². The molecule has 1 fully saturated rings. The van der Waals surface area contributed by atoms with E-state index < -0.39 is 5.83 Å². The molecule has 0 bridgehead atoms. The Labute approximate surface area is 213 Å². The second kappa shape index (κ2) is 9.13. The number of H-pyrrole nitrogens is 2. The molecule has 7 nitrogen and oxygen atoms in total. The molecule has 0 saturated heterocycles. The molecule has 6 rings (SSSR count). The summed E-state index contributed by atoms with van der Waals surface area (Å²) >= 11 is 0. The maximum atomic E-state index is 16.2. The SMILES string of the molecule is C=C(/C(F)=c1/c(-c2nc3c(C4=CCC=C4)cncc3[nH]2)n[nH]/c1=C/C)c1cncc(NC(=C)C2CC2)c1. The van der Waals surface area contributed by atoms with Gasteiger partial charge < -0.3 is 10.3 Å². The second-order valence-electron chi connectivity index (χ2n) is 9.30. The van der Waals surface area contributed by atoms with Crippen molar-refractivity contribution in [2.75, 3.05) is 5.32 Å². The summed E-state index contributed by atoms with van der Waals surface area (Å²) in [6.45, 7) is 9.98. The summed E-state index contributed by atoms with van der Waals surface area (Å²) in [4.78, 5) is 16.7. The van der Waals surface area contributed by atoms with Crippen LogP contribution in [0, 0.1) is 5.92 Å². The highest BCUT2D eigenvalue weighted by Gasteiger charge is 2.25. The molecule has 0 amide bonds. The number of imidazole rings is 1. The zero-order chi connectivity index (χ0) is 25.5. The highest BCUT2D eigenvalue weighted by molar-refractivity contribution is 5.95. The molecule has 4 heterocycles. The average Bonchev–Trinajstić information content (AvgIpc) is 3.30. The maximum absolute atomic E-state index is 16.2. The minimum absolute atomic E-state index is 0.207. The fourth-order valence-electron chi connectivity index (χ4n) is 4.54. The number of halogens is 1. The van der Waals surface area contributed by atoms with Gasteiger partial charge in [-0.05, 0) is 43.7 Å². The molecule has 3 N–H and O–H groups in total. The molecule has 2 aliphatic carbocycles. The number of aromatic amines is 2. The normalized spacial score (nSPS) is 16.3. The Morgan fingerprint density at radius 2 is 2.00 bits per heavy atom. The van der Waals surface area contributed by atoms with Gasteiger partial charge in [0.25, 0.3) is 0 Å². The Morgan fingerprint density at radius 1 is 1.16 bits per heavy atom. The molecule has 184 valence electrons. The molecule has 0 aliphatic heterocycles. The lowest BCUT2D eigenvalue weighted by atomic mass is 10.1. The van der Waals surface area contributed by atoms with Crippen LogP contribution in [-0.4, -0.2) is 30.1 Å². The van der Waals surface area contributed by atoms with E-state index in [1.54, 1.807) is 30.9 Å². The molecule has 4 aromatic heterocycles. The van der Waals surface area contributed by atoms with Gasteiger partial charge in [-0.3, -0.25) is 15.1 Å². The smallest absolute Gasteiger partial charge is 0.159 e. The molecule has 0 unspecified atom stereocenters. The molecule has 0 atom stereocenters. The predicted octanol–water partition coefficient (Wildman–Crippen LogP) is 5.01. The Hall–Kier alpha value is -4.59. The molecule has 8 heteroatoms. The standard InChI is InChI=1S/C29H26FN7/c1-4-23-25(26(30)16(2)20-11-21(13-31-12-20)33-17(3)18-9-10-18)28(37-36-23)29-34-24-15-32-14-22(27(24)35-29)19-7-5-6-8-19/h4-5,7-8,11-15,18,33,36H,2-3,6,9-10H2,1H3,(H,34,35)/b23-4+,26-25-. The third kappa shape index (κ3) is 4.20. The highest BCUT2D eigenvalue weighted by atomic mass is 19.1. The van der Waals surface area contributed by atoms with E-state index in [0.717, 1.165) is 52.8 Å². The van der Waals surface area contributed by atoms with Crippen LogP contribution in [0.5, 0.6) is 0 Å². The number of aromatic nitrogens is 6. The lowest BCUT2D eigenvalue weighted by molar-refractivity contribution is 0.764. The van der Waals surface area contributed by atoms with Crippen molar-refractivity contribution in [2.24, 2.45) is 5.92 Å². The molecule has 4 aromatic rings. The maximum Gasteiger partial charge on any atom is 0.159 e. The first kappa shape index (κ1) is 22.8. The summed E-state index contributed by atoms with van der Waals surface area (Å²) in [7, 11) is 0. The van der Waals surface area contributed by atoms with E-state index in [2.05, 4.69) is 61.9 Å². The van der Waals surface area contributed by atoms with E-state index >= 15 is 4.39 Å². The second-order valence-corrected chi connectivity index (χ2v) is 9.30. The van der Waals surface area contributed by atoms with Crippen LogP contribution >= 0.6 is 0 Å². The van der Waals surface area contributed by atoms with E-state index in [1.165, 1.54) is 0 Å². The van der Waals surface area contributed by atoms with E-state index in [-0.39, 0.29) is 5.57 Å². The Balaban J connectivity index is 1.43. The van der Waals surface area contributed by atoms with Gasteiger partial charge in [0, 0.05) is 34.8 Å². The molecule has 2 aliphatic rings. The molecular formula is C29H26FN7. The fourth-order valence-corrected chi connectivity index (χ4v) is 4.54. The van der Waals surface area contributed by atoms with Gasteiger partial charge in [-0.15, -0.1) is 0 Å². The van der Waals surface area contributed by atoms with Crippen molar-refractivity contribution < 1.29 is 4.39 Å². The number of pyridine rings is 2. The molecule has 0 aromatic carbocycles.